The minimum atomic E-state index is -0.181. The van der Waals surface area contributed by atoms with Crippen molar-refractivity contribution in [3.8, 4) is 0 Å². The van der Waals surface area contributed by atoms with Crippen molar-refractivity contribution in [2.75, 3.05) is 26.7 Å². The van der Waals surface area contributed by atoms with Crippen LogP contribution in [0.15, 0.2) is 30.3 Å². The molecular formula is C18H27ClN2O. The van der Waals surface area contributed by atoms with Crippen LogP contribution in [0.1, 0.15) is 37.7 Å². The number of halogens is 1. The van der Waals surface area contributed by atoms with E-state index < -0.39 is 0 Å². The van der Waals surface area contributed by atoms with Crippen LogP contribution in [-0.2, 0) is 10.2 Å². The molecule has 1 amide bonds. The molecule has 1 aliphatic heterocycles. The molecule has 3 nitrogen and oxygen atoms in total. The summed E-state index contributed by atoms with van der Waals surface area (Å²) in [5.41, 5.74) is 1.03. The fourth-order valence-electron chi connectivity index (χ4n) is 3.58. The first kappa shape index (κ1) is 17.3. The van der Waals surface area contributed by atoms with E-state index in [9.17, 15) is 4.79 Å². The third kappa shape index (κ3) is 3.47. The Balaban J connectivity index is 0.00000176. The smallest absolute Gasteiger partial charge is 0.233 e. The average molecular weight is 323 g/mol. The largest absolute Gasteiger partial charge is 0.342 e. The predicted molar refractivity (Wildman–Crippen MR) is 92.4 cm³/mol. The lowest BCUT2D eigenvalue weighted by Gasteiger charge is -2.34. The summed E-state index contributed by atoms with van der Waals surface area (Å²) in [6.45, 7) is 2.98. The van der Waals surface area contributed by atoms with Crippen LogP contribution in [0.2, 0.25) is 0 Å². The summed E-state index contributed by atoms with van der Waals surface area (Å²) in [6, 6.07) is 10.4. The van der Waals surface area contributed by atoms with Gasteiger partial charge in [-0.2, -0.15) is 0 Å². The van der Waals surface area contributed by atoms with Crippen molar-refractivity contribution < 1.29 is 4.79 Å². The molecule has 0 bridgehead atoms. The summed E-state index contributed by atoms with van der Waals surface area (Å²) in [5.74, 6) is 1.16. The Bertz CT molecular complexity index is 479. The first-order chi connectivity index (χ1) is 10.3. The van der Waals surface area contributed by atoms with Gasteiger partial charge in [-0.3, -0.25) is 4.79 Å². The monoisotopic (exact) mass is 322 g/mol. The van der Waals surface area contributed by atoms with Crippen LogP contribution >= 0.6 is 12.4 Å². The lowest BCUT2D eigenvalue weighted by atomic mass is 9.90. The third-order valence-electron chi connectivity index (χ3n) is 5.19. The maximum Gasteiger partial charge on any atom is 0.233 e. The molecule has 1 saturated heterocycles. The molecule has 2 fully saturated rings. The highest BCUT2D eigenvalue weighted by Gasteiger charge is 2.53. The molecule has 22 heavy (non-hydrogen) atoms. The van der Waals surface area contributed by atoms with Gasteiger partial charge < -0.3 is 10.2 Å². The summed E-state index contributed by atoms with van der Waals surface area (Å²) in [4.78, 5) is 15.0. The molecule has 1 heterocycles. The number of piperidine rings is 1. The number of nitrogens with zero attached hydrogens (tertiary/aromatic N) is 1. The van der Waals surface area contributed by atoms with E-state index in [1.165, 1.54) is 12.0 Å². The second-order valence-electron chi connectivity index (χ2n) is 6.58. The zero-order valence-corrected chi connectivity index (χ0v) is 14.2. The zero-order chi connectivity index (χ0) is 14.7. The van der Waals surface area contributed by atoms with E-state index in [1.807, 2.05) is 25.2 Å². The van der Waals surface area contributed by atoms with Gasteiger partial charge in [-0.25, -0.2) is 0 Å². The van der Waals surface area contributed by atoms with Crippen LogP contribution < -0.4 is 5.32 Å². The molecule has 0 spiro atoms. The Morgan fingerprint density at radius 1 is 1.23 bits per heavy atom. The molecule has 1 aromatic carbocycles. The molecule has 3 rings (SSSR count). The molecule has 0 aromatic heterocycles. The number of carbonyl (C=O) groups is 1. The van der Waals surface area contributed by atoms with Gasteiger partial charge in [-0.1, -0.05) is 30.3 Å². The van der Waals surface area contributed by atoms with E-state index in [-0.39, 0.29) is 17.8 Å². The Morgan fingerprint density at radius 2 is 1.86 bits per heavy atom. The zero-order valence-electron chi connectivity index (χ0n) is 13.4. The van der Waals surface area contributed by atoms with Crippen LogP contribution in [0.25, 0.3) is 0 Å². The molecule has 2 aliphatic rings. The highest BCUT2D eigenvalue weighted by atomic mass is 35.5. The van der Waals surface area contributed by atoms with Gasteiger partial charge >= 0.3 is 0 Å². The Hall–Kier alpha value is -1.06. The minimum Gasteiger partial charge on any atom is -0.342 e. The van der Waals surface area contributed by atoms with Gasteiger partial charge in [-0.05, 0) is 57.2 Å². The van der Waals surface area contributed by atoms with Gasteiger partial charge in [0.15, 0.2) is 0 Å². The number of hydrogen-bond acceptors (Lipinski definition) is 2. The van der Waals surface area contributed by atoms with E-state index in [2.05, 4.69) is 22.3 Å². The number of likely N-dealkylation sites (tertiary alicyclic amines) is 1. The fraction of sp³-hybridized carbons (Fsp3) is 0.611. The molecule has 1 N–H and O–H groups in total. The first-order valence-corrected chi connectivity index (χ1v) is 8.26. The van der Waals surface area contributed by atoms with Crippen LogP contribution in [0, 0.1) is 5.92 Å². The summed E-state index contributed by atoms with van der Waals surface area (Å²) < 4.78 is 0. The number of benzene rings is 1. The predicted octanol–water partition coefficient (Wildman–Crippen LogP) is 2.99. The molecule has 122 valence electrons. The van der Waals surface area contributed by atoms with E-state index in [4.69, 9.17) is 0 Å². The molecule has 0 atom stereocenters. The summed E-state index contributed by atoms with van der Waals surface area (Å²) in [7, 11) is 2.01. The van der Waals surface area contributed by atoms with Crippen molar-refractivity contribution in [1.29, 1.82) is 0 Å². The maximum absolute atomic E-state index is 12.9. The number of rotatable bonds is 5. The van der Waals surface area contributed by atoms with Crippen molar-refractivity contribution in [2.24, 2.45) is 5.92 Å². The molecule has 4 heteroatoms. The van der Waals surface area contributed by atoms with E-state index in [0.29, 0.717) is 5.91 Å². The summed E-state index contributed by atoms with van der Waals surface area (Å²) in [6.07, 6.45) is 5.62. The number of amides is 1. The van der Waals surface area contributed by atoms with Crippen LogP contribution in [0.4, 0.5) is 0 Å². The van der Waals surface area contributed by atoms with Crippen LogP contribution in [-0.4, -0.2) is 37.5 Å². The van der Waals surface area contributed by atoms with Gasteiger partial charge in [0.1, 0.15) is 0 Å². The Labute approximate surface area is 139 Å². The second-order valence-corrected chi connectivity index (χ2v) is 6.58. The van der Waals surface area contributed by atoms with Crippen LogP contribution in [0.5, 0.6) is 0 Å². The van der Waals surface area contributed by atoms with Crippen molar-refractivity contribution in [1.82, 2.24) is 10.2 Å². The molecule has 0 radical (unpaired) electrons. The third-order valence-corrected chi connectivity index (χ3v) is 5.19. The highest BCUT2D eigenvalue weighted by Crippen LogP contribution is 2.49. The van der Waals surface area contributed by atoms with Gasteiger partial charge in [0.05, 0.1) is 5.41 Å². The van der Waals surface area contributed by atoms with E-state index in [1.54, 1.807) is 0 Å². The van der Waals surface area contributed by atoms with E-state index in [0.717, 1.165) is 51.2 Å². The number of carbonyl (C=O) groups excluding carboxylic acids is 1. The van der Waals surface area contributed by atoms with Crippen molar-refractivity contribution in [3.63, 3.8) is 0 Å². The first-order valence-electron chi connectivity index (χ1n) is 8.26. The van der Waals surface area contributed by atoms with Gasteiger partial charge in [0.25, 0.3) is 0 Å². The molecule has 1 aromatic rings. The maximum atomic E-state index is 12.9. The number of hydrogen-bond donors (Lipinski definition) is 1. The second kappa shape index (κ2) is 7.47. The number of nitrogens with one attached hydrogen (secondary N) is 1. The van der Waals surface area contributed by atoms with Crippen molar-refractivity contribution in [2.45, 2.75) is 37.5 Å². The SMILES string of the molecule is CNCCC1CCN(C(=O)C2(c3ccccc3)CC2)CC1.Cl. The summed E-state index contributed by atoms with van der Waals surface area (Å²) >= 11 is 0. The molecule has 0 unspecified atom stereocenters. The van der Waals surface area contributed by atoms with Gasteiger partial charge in [0, 0.05) is 13.1 Å². The lowest BCUT2D eigenvalue weighted by molar-refractivity contribution is -0.135. The van der Waals surface area contributed by atoms with E-state index >= 15 is 0 Å². The van der Waals surface area contributed by atoms with Gasteiger partial charge in [0.2, 0.25) is 5.91 Å². The van der Waals surface area contributed by atoms with Crippen LogP contribution in [0.3, 0.4) is 0 Å². The minimum absolute atomic E-state index is 0. The van der Waals surface area contributed by atoms with Crippen molar-refractivity contribution >= 4 is 18.3 Å². The quantitative estimate of drug-likeness (QED) is 0.904. The standard InChI is InChI=1S/C18H26N2O.ClH/c1-19-12-7-15-8-13-20(14-9-15)17(21)18(10-11-18)16-5-3-2-4-6-16;/h2-6,15,19H,7-14H2,1H3;1H. The van der Waals surface area contributed by atoms with Crippen molar-refractivity contribution in [3.05, 3.63) is 35.9 Å². The normalized spacial score (nSPS) is 20.3. The average Bonchev–Trinajstić information content (AvgIpc) is 3.35. The fourth-order valence-corrected chi connectivity index (χ4v) is 3.58. The highest BCUT2D eigenvalue weighted by molar-refractivity contribution is 5.91. The molecule has 1 aliphatic carbocycles. The lowest BCUT2D eigenvalue weighted by Crippen LogP contribution is -2.44. The summed E-state index contributed by atoms with van der Waals surface area (Å²) in [5, 5.41) is 3.22. The topological polar surface area (TPSA) is 32.3 Å². The molecule has 1 saturated carbocycles. The van der Waals surface area contributed by atoms with Gasteiger partial charge in [-0.15, -0.1) is 12.4 Å². The Morgan fingerprint density at radius 3 is 2.41 bits per heavy atom. The Kier molecular flexibility index (Phi) is 5.87. The molecular weight excluding hydrogens is 296 g/mol.